The van der Waals surface area contributed by atoms with E-state index >= 15 is 0 Å². The van der Waals surface area contributed by atoms with Crippen molar-refractivity contribution in [2.75, 3.05) is 24.4 Å². The van der Waals surface area contributed by atoms with Crippen molar-refractivity contribution < 1.29 is 29.1 Å². The van der Waals surface area contributed by atoms with Crippen LogP contribution in [-0.4, -0.2) is 46.2 Å². The van der Waals surface area contributed by atoms with Crippen LogP contribution in [0, 0.1) is 0 Å². The van der Waals surface area contributed by atoms with E-state index in [2.05, 4.69) is 30.5 Å². The third kappa shape index (κ3) is 5.27. The molecule has 12 heteroatoms. The molecule has 0 unspecified atom stereocenters. The number of methoxy groups -OCH3 is 1. The second kappa shape index (κ2) is 11.2. The number of hydrogen-bond donors (Lipinski definition) is 2. The predicted octanol–water partition coefficient (Wildman–Crippen LogP) is -0.387. The van der Waals surface area contributed by atoms with Crippen LogP contribution in [0.15, 0.2) is 29.0 Å². The zero-order chi connectivity index (χ0) is 23.0. The Labute approximate surface area is 186 Å². The summed E-state index contributed by atoms with van der Waals surface area (Å²) in [6, 6.07) is 5.75. The van der Waals surface area contributed by atoms with E-state index in [9.17, 15) is 9.90 Å². The first kappa shape index (κ1) is 24.0. The zero-order valence-corrected chi connectivity index (χ0v) is 18.7. The molecule has 0 radical (unpaired) electrons. The van der Waals surface area contributed by atoms with Crippen molar-refractivity contribution in [3.05, 3.63) is 34.8 Å². The molecular weight excluding hydrogens is 472 g/mol. The van der Waals surface area contributed by atoms with Crippen LogP contribution in [0.1, 0.15) is 12.7 Å². The highest BCUT2D eigenvalue weighted by Gasteiger charge is 2.27. The maximum absolute atomic E-state index is 11.9. The number of fused-ring (bicyclic) bond motifs is 1. The van der Waals surface area contributed by atoms with Crippen molar-refractivity contribution in [1.82, 2.24) is 14.5 Å². The molecule has 0 aliphatic heterocycles. The largest absolute Gasteiger partial charge is 0.554 e. The van der Waals surface area contributed by atoms with Crippen LogP contribution < -0.4 is 25.0 Å². The molecule has 0 spiro atoms. The lowest BCUT2D eigenvalue weighted by Crippen LogP contribution is -2.42. The molecule has 31 heavy (non-hydrogen) atoms. The average Bonchev–Trinajstić information content (AvgIpc) is 3.06. The molecule has 3 aromatic rings. The lowest BCUT2D eigenvalue weighted by Gasteiger charge is -2.16. The Morgan fingerprint density at radius 1 is 1.42 bits per heavy atom. The summed E-state index contributed by atoms with van der Waals surface area (Å²) in [5, 5.41) is 17.8. The van der Waals surface area contributed by atoms with Gasteiger partial charge in [0.1, 0.15) is 23.4 Å². The number of ether oxygens (including phenoxy) is 1. The van der Waals surface area contributed by atoms with Crippen molar-refractivity contribution in [1.29, 1.82) is 0 Å². The number of aliphatic hydroxyl groups excluding tert-OH is 1. The number of nitrogens with two attached hydrogens (primary N) is 1. The van der Waals surface area contributed by atoms with Crippen LogP contribution in [0.4, 0.5) is 11.6 Å². The van der Waals surface area contributed by atoms with Crippen molar-refractivity contribution in [2.24, 2.45) is 0 Å². The van der Waals surface area contributed by atoms with Crippen LogP contribution in [0.3, 0.4) is 0 Å². The number of benzene rings is 1. The highest BCUT2D eigenvalue weighted by Crippen LogP contribution is 2.24. The summed E-state index contributed by atoms with van der Waals surface area (Å²) < 4.78 is 9.89. The Balaban J connectivity index is 0.00000107. The lowest BCUT2D eigenvalue weighted by molar-refractivity contribution is -0.681. The minimum absolute atomic E-state index is 0.0353. The monoisotopic (exact) mass is 494 g/mol. The number of carbonyl (C=O) groups is 2. The minimum Gasteiger partial charge on any atom is -0.554 e. The number of nitrogens with zero attached hydrogens (tertiary/aromatic N) is 5. The number of aromatic nitrogens is 4. The molecule has 3 rings (SSSR count). The topological polar surface area (TPSA) is 151 Å². The number of amides is 1. The van der Waals surface area contributed by atoms with E-state index < -0.39 is 6.47 Å². The molecule has 0 fully saturated rings. The summed E-state index contributed by atoms with van der Waals surface area (Å²) in [4.78, 5) is 29.9. The molecule has 166 valence electrons. The maximum atomic E-state index is 11.9. The molecule has 0 saturated carbocycles. The van der Waals surface area contributed by atoms with Crippen LogP contribution in [-0.2, 0) is 29.2 Å². The van der Waals surface area contributed by atoms with E-state index in [4.69, 9.17) is 20.4 Å². The van der Waals surface area contributed by atoms with E-state index in [1.807, 2.05) is 29.7 Å². The smallest absolute Gasteiger partial charge is 0.277 e. The maximum Gasteiger partial charge on any atom is 0.277 e. The molecular formula is C19H23BrN6O5. The highest BCUT2D eigenvalue weighted by atomic mass is 79.9. The Morgan fingerprint density at radius 2 is 2.13 bits per heavy atom. The van der Waals surface area contributed by atoms with Gasteiger partial charge in [0.05, 0.1) is 26.5 Å². The van der Waals surface area contributed by atoms with Gasteiger partial charge in [-0.3, -0.25) is 9.69 Å². The van der Waals surface area contributed by atoms with Gasteiger partial charge >= 0.3 is 0 Å². The van der Waals surface area contributed by atoms with Gasteiger partial charge in [0.2, 0.25) is 6.41 Å². The second-order valence-corrected chi connectivity index (χ2v) is 6.93. The molecule has 1 aromatic carbocycles. The normalized spacial score (nSPS) is 10.3. The van der Waals surface area contributed by atoms with E-state index in [0.29, 0.717) is 24.1 Å². The molecule has 0 atom stereocenters. The number of anilines is 2. The number of aryl methyl sites for hydroxylation is 1. The van der Waals surface area contributed by atoms with Gasteiger partial charge < -0.3 is 25.5 Å². The molecule has 0 saturated heterocycles. The summed E-state index contributed by atoms with van der Waals surface area (Å²) in [6.07, 6.45) is 2.15. The zero-order valence-electron chi connectivity index (χ0n) is 17.1. The molecule has 3 N–H and O–H groups in total. The fourth-order valence-corrected chi connectivity index (χ4v) is 3.54. The molecule has 11 nitrogen and oxygen atoms in total. The van der Waals surface area contributed by atoms with E-state index in [1.165, 1.54) is 11.1 Å². The fraction of sp³-hybridized carbons (Fsp3) is 0.316. The number of halogens is 1. The Bertz CT molecular complexity index is 1060. The van der Waals surface area contributed by atoms with Crippen LogP contribution >= 0.6 is 15.9 Å². The molecule has 1 amide bonds. The first-order valence-corrected chi connectivity index (χ1v) is 10.00. The molecule has 0 aliphatic carbocycles. The fourth-order valence-electron chi connectivity index (χ4n) is 3.27. The predicted molar refractivity (Wildman–Crippen MR) is 114 cm³/mol. The van der Waals surface area contributed by atoms with Crippen molar-refractivity contribution >= 4 is 51.5 Å². The van der Waals surface area contributed by atoms with Crippen LogP contribution in [0.25, 0.3) is 11.0 Å². The van der Waals surface area contributed by atoms with Crippen molar-refractivity contribution in [3.8, 4) is 5.75 Å². The number of carbonyl (C=O) groups excluding carboxylic acids is 2. The highest BCUT2D eigenvalue weighted by molar-refractivity contribution is 9.10. The summed E-state index contributed by atoms with van der Waals surface area (Å²) >= 11 is 3.26. The van der Waals surface area contributed by atoms with Crippen molar-refractivity contribution in [2.45, 2.75) is 26.6 Å². The molecule has 0 bridgehead atoms. The lowest BCUT2D eigenvalue weighted by atomic mass is 10.3. The third-order valence-electron chi connectivity index (χ3n) is 4.49. The van der Waals surface area contributed by atoms with Gasteiger partial charge in [-0.15, -0.1) is 0 Å². The third-order valence-corrected chi connectivity index (χ3v) is 4.87. The Hall–Kier alpha value is -3.25. The number of carboxylic acid groups (broad SMARTS) is 1. The molecule has 0 aliphatic rings. The number of aliphatic hydroxyl groups is 1. The van der Waals surface area contributed by atoms with Gasteiger partial charge in [-0.2, -0.15) is 0 Å². The summed E-state index contributed by atoms with van der Waals surface area (Å²) in [6.45, 7) is 2.75. The van der Waals surface area contributed by atoms with Gasteiger partial charge in [-0.05, 0) is 35.0 Å². The number of hydrogen-bond acceptors (Lipinski definition) is 8. The molecule has 2 aromatic heterocycles. The van der Waals surface area contributed by atoms with E-state index in [1.54, 1.807) is 7.11 Å². The van der Waals surface area contributed by atoms with Crippen LogP contribution in [0.2, 0.25) is 0 Å². The van der Waals surface area contributed by atoms with Gasteiger partial charge in [-0.25, -0.2) is 19.1 Å². The summed E-state index contributed by atoms with van der Waals surface area (Å²) in [5.41, 5.74) is 7.82. The Morgan fingerprint density at radius 3 is 2.71 bits per heavy atom. The Kier molecular flexibility index (Phi) is 8.70. The van der Waals surface area contributed by atoms with Gasteiger partial charge in [-0.1, -0.05) is 0 Å². The minimum atomic E-state index is -0.500. The van der Waals surface area contributed by atoms with E-state index in [0.717, 1.165) is 22.6 Å². The average molecular weight is 495 g/mol. The SMILES string of the molecule is CCn1c(CN(C=O)c2nc(Br)cnc2N)[n+](CCO)c2ccc(OC)cc21.O=C[O-]. The van der Waals surface area contributed by atoms with E-state index in [-0.39, 0.29) is 24.8 Å². The quantitative estimate of drug-likeness (QED) is 0.317. The van der Waals surface area contributed by atoms with Gasteiger partial charge in [0, 0.05) is 12.5 Å². The van der Waals surface area contributed by atoms with Crippen molar-refractivity contribution in [3.63, 3.8) is 0 Å². The summed E-state index contributed by atoms with van der Waals surface area (Å²) in [5.74, 6) is 1.99. The standard InChI is InChI=1S/C18H22BrN6O3.CH2O2/c1-3-24-14-8-12(28-2)4-5-13(14)25(6-7-26)16(24)10-23(11-27)18-17(20)21-9-15(19)22-18;2-1-3/h4-5,8-9,11,26H,3,6-7,10H2,1-2H3,(H2,20,21);1H,(H,2,3)/q+1;/p-1. The van der Waals surface area contributed by atoms with Gasteiger partial charge in [0.15, 0.2) is 22.7 Å². The van der Waals surface area contributed by atoms with Crippen LogP contribution in [0.5, 0.6) is 5.75 Å². The molecule has 2 heterocycles. The number of rotatable bonds is 8. The summed E-state index contributed by atoms with van der Waals surface area (Å²) in [7, 11) is 1.62. The first-order valence-electron chi connectivity index (χ1n) is 9.20. The first-order chi connectivity index (χ1) is 14.9. The number of nitrogen functional groups attached to an aromatic ring is 1. The van der Waals surface area contributed by atoms with Gasteiger partial charge in [0.25, 0.3) is 5.82 Å². The number of imidazole rings is 1. The second-order valence-electron chi connectivity index (χ2n) is 6.12.